The standard InChI is InChI=1S/C4H8BrNO3/c5-1-2(7)3(8)4(6)9/h2-3,7-8H,1H2,(H2,6,9)/t2-,3-/m0/s1. The van der Waals surface area contributed by atoms with E-state index in [1.165, 1.54) is 0 Å². The highest BCUT2D eigenvalue weighted by Crippen LogP contribution is 1.95. The fraction of sp³-hybridized carbons (Fsp3) is 0.750. The smallest absolute Gasteiger partial charge is 0.249 e. The molecule has 0 heterocycles. The molecule has 54 valence electrons. The molecule has 0 saturated heterocycles. The van der Waals surface area contributed by atoms with Gasteiger partial charge in [-0.15, -0.1) is 0 Å². The molecule has 4 nitrogen and oxygen atoms in total. The predicted octanol–water partition coefficient (Wildman–Crippen LogP) is -1.41. The molecule has 0 aromatic carbocycles. The van der Waals surface area contributed by atoms with E-state index in [9.17, 15) is 4.79 Å². The van der Waals surface area contributed by atoms with Gasteiger partial charge in [-0.3, -0.25) is 4.79 Å². The Bertz CT molecular complexity index is 108. The molecule has 0 radical (unpaired) electrons. The van der Waals surface area contributed by atoms with Crippen LogP contribution in [-0.2, 0) is 4.79 Å². The summed E-state index contributed by atoms with van der Waals surface area (Å²) in [7, 11) is 0. The lowest BCUT2D eigenvalue weighted by Gasteiger charge is -2.10. The second kappa shape index (κ2) is 3.81. The Labute approximate surface area is 60.8 Å². The quantitative estimate of drug-likeness (QED) is 0.487. The zero-order valence-electron chi connectivity index (χ0n) is 4.62. The number of amides is 1. The first kappa shape index (κ1) is 8.87. The van der Waals surface area contributed by atoms with E-state index < -0.39 is 18.1 Å². The SMILES string of the molecule is NC(=O)[C@@H](O)[C@@H](O)CBr. The molecule has 4 N–H and O–H groups in total. The van der Waals surface area contributed by atoms with Crippen molar-refractivity contribution in [2.75, 3.05) is 5.33 Å². The molecule has 0 aliphatic carbocycles. The minimum Gasteiger partial charge on any atom is -0.389 e. The Hall–Kier alpha value is -0.130. The van der Waals surface area contributed by atoms with Crippen molar-refractivity contribution < 1.29 is 15.0 Å². The number of alkyl halides is 1. The Morgan fingerprint density at radius 2 is 2.11 bits per heavy atom. The lowest BCUT2D eigenvalue weighted by Crippen LogP contribution is -2.39. The van der Waals surface area contributed by atoms with Crippen molar-refractivity contribution in [3.8, 4) is 0 Å². The van der Waals surface area contributed by atoms with Crippen molar-refractivity contribution >= 4 is 21.8 Å². The number of hydrogen-bond acceptors (Lipinski definition) is 3. The van der Waals surface area contributed by atoms with Crippen LogP contribution in [0.3, 0.4) is 0 Å². The molecule has 0 unspecified atom stereocenters. The monoisotopic (exact) mass is 197 g/mol. The van der Waals surface area contributed by atoms with E-state index >= 15 is 0 Å². The van der Waals surface area contributed by atoms with Crippen molar-refractivity contribution in [2.45, 2.75) is 12.2 Å². The number of aliphatic hydroxyl groups is 2. The van der Waals surface area contributed by atoms with E-state index in [1.54, 1.807) is 0 Å². The minimum atomic E-state index is -1.47. The maximum absolute atomic E-state index is 10.1. The highest BCUT2D eigenvalue weighted by molar-refractivity contribution is 9.09. The molecule has 1 amide bonds. The summed E-state index contributed by atoms with van der Waals surface area (Å²) in [5, 5.41) is 17.5. The number of nitrogens with two attached hydrogens (primary N) is 1. The first-order chi connectivity index (χ1) is 4.09. The largest absolute Gasteiger partial charge is 0.389 e. The van der Waals surface area contributed by atoms with Gasteiger partial charge < -0.3 is 15.9 Å². The van der Waals surface area contributed by atoms with Crippen LogP contribution in [0.5, 0.6) is 0 Å². The third-order valence-corrected chi connectivity index (χ3v) is 1.48. The summed E-state index contributed by atoms with van der Waals surface area (Å²) in [5.74, 6) is -0.915. The van der Waals surface area contributed by atoms with E-state index in [4.69, 9.17) is 10.2 Å². The number of rotatable bonds is 3. The number of carbonyl (C=O) groups excluding carboxylic acids is 1. The van der Waals surface area contributed by atoms with Gasteiger partial charge in [0.15, 0.2) is 6.10 Å². The van der Waals surface area contributed by atoms with Crippen molar-refractivity contribution in [1.82, 2.24) is 0 Å². The van der Waals surface area contributed by atoms with Crippen LogP contribution in [-0.4, -0.2) is 33.7 Å². The van der Waals surface area contributed by atoms with Gasteiger partial charge in [-0.1, -0.05) is 15.9 Å². The average Bonchev–Trinajstić information content (AvgIpc) is 1.84. The van der Waals surface area contributed by atoms with Crippen LogP contribution in [0.4, 0.5) is 0 Å². The third kappa shape index (κ3) is 2.78. The van der Waals surface area contributed by atoms with Crippen LogP contribution in [0, 0.1) is 0 Å². The topological polar surface area (TPSA) is 83.6 Å². The summed E-state index contributed by atoms with van der Waals surface area (Å²) < 4.78 is 0. The molecule has 2 atom stereocenters. The number of carbonyl (C=O) groups is 1. The minimum absolute atomic E-state index is 0.136. The van der Waals surface area contributed by atoms with Gasteiger partial charge >= 0.3 is 0 Å². The second-order valence-electron chi connectivity index (χ2n) is 1.57. The van der Waals surface area contributed by atoms with Crippen LogP contribution in [0.2, 0.25) is 0 Å². The summed E-state index contributed by atoms with van der Waals surface area (Å²) in [6.45, 7) is 0. The fourth-order valence-corrected chi connectivity index (χ4v) is 0.628. The lowest BCUT2D eigenvalue weighted by molar-refractivity contribution is -0.130. The molecule has 0 spiro atoms. The van der Waals surface area contributed by atoms with Crippen LogP contribution < -0.4 is 5.73 Å². The summed E-state index contributed by atoms with van der Waals surface area (Å²) in [6.07, 6.45) is -2.58. The lowest BCUT2D eigenvalue weighted by atomic mass is 10.2. The van der Waals surface area contributed by atoms with Gasteiger partial charge in [-0.2, -0.15) is 0 Å². The highest BCUT2D eigenvalue weighted by atomic mass is 79.9. The zero-order chi connectivity index (χ0) is 7.44. The van der Waals surface area contributed by atoms with Gasteiger partial charge in [0, 0.05) is 5.33 Å². The van der Waals surface area contributed by atoms with Crippen LogP contribution in [0.15, 0.2) is 0 Å². The molecule has 0 aliphatic heterocycles. The number of halogens is 1. The maximum atomic E-state index is 10.1. The van der Waals surface area contributed by atoms with Gasteiger partial charge in [0.05, 0.1) is 6.10 Å². The summed E-state index contributed by atoms with van der Waals surface area (Å²) in [5.41, 5.74) is 4.64. The van der Waals surface area contributed by atoms with E-state index in [0.717, 1.165) is 0 Å². The molecular weight excluding hydrogens is 190 g/mol. The molecule has 0 rings (SSSR count). The molecule has 0 saturated carbocycles. The number of hydrogen-bond donors (Lipinski definition) is 3. The zero-order valence-corrected chi connectivity index (χ0v) is 6.21. The summed E-state index contributed by atoms with van der Waals surface area (Å²) in [4.78, 5) is 10.1. The van der Waals surface area contributed by atoms with E-state index in [-0.39, 0.29) is 5.33 Å². The average molecular weight is 198 g/mol. The van der Waals surface area contributed by atoms with Crippen molar-refractivity contribution in [2.24, 2.45) is 5.73 Å². The van der Waals surface area contributed by atoms with Crippen LogP contribution in [0.1, 0.15) is 0 Å². The Morgan fingerprint density at radius 1 is 1.67 bits per heavy atom. The Kier molecular flexibility index (Phi) is 3.76. The summed E-state index contributed by atoms with van der Waals surface area (Å²) >= 11 is 2.87. The fourth-order valence-electron chi connectivity index (χ4n) is 0.274. The van der Waals surface area contributed by atoms with Gasteiger partial charge in [0.2, 0.25) is 5.91 Å². The molecule has 9 heavy (non-hydrogen) atoms. The maximum Gasteiger partial charge on any atom is 0.249 e. The first-order valence-electron chi connectivity index (χ1n) is 2.31. The predicted molar refractivity (Wildman–Crippen MR) is 35.0 cm³/mol. The molecule has 5 heteroatoms. The van der Waals surface area contributed by atoms with Gasteiger partial charge in [0.1, 0.15) is 0 Å². The van der Waals surface area contributed by atoms with Crippen molar-refractivity contribution in [3.05, 3.63) is 0 Å². The number of primary amides is 1. The van der Waals surface area contributed by atoms with Crippen LogP contribution >= 0.6 is 15.9 Å². The van der Waals surface area contributed by atoms with Crippen molar-refractivity contribution in [3.63, 3.8) is 0 Å². The molecule has 0 aliphatic rings. The third-order valence-electron chi connectivity index (χ3n) is 0.814. The van der Waals surface area contributed by atoms with Crippen LogP contribution in [0.25, 0.3) is 0 Å². The normalized spacial score (nSPS) is 16.8. The van der Waals surface area contributed by atoms with Gasteiger partial charge in [-0.25, -0.2) is 0 Å². The first-order valence-corrected chi connectivity index (χ1v) is 3.43. The van der Waals surface area contributed by atoms with E-state index in [0.29, 0.717) is 0 Å². The van der Waals surface area contributed by atoms with Crippen molar-refractivity contribution in [1.29, 1.82) is 0 Å². The summed E-state index contributed by atoms with van der Waals surface area (Å²) in [6, 6.07) is 0. The van der Waals surface area contributed by atoms with Gasteiger partial charge in [0.25, 0.3) is 0 Å². The van der Waals surface area contributed by atoms with E-state index in [1.807, 2.05) is 0 Å². The van der Waals surface area contributed by atoms with E-state index in [2.05, 4.69) is 21.7 Å². The molecular formula is C4H8BrNO3. The molecule has 0 aromatic rings. The highest BCUT2D eigenvalue weighted by Gasteiger charge is 2.19. The molecule has 0 aromatic heterocycles. The Morgan fingerprint density at radius 3 is 2.22 bits per heavy atom. The second-order valence-corrected chi connectivity index (χ2v) is 2.22. The molecule has 0 bridgehead atoms. The Balaban J connectivity index is 3.72. The molecule has 0 fully saturated rings. The van der Waals surface area contributed by atoms with Gasteiger partial charge in [-0.05, 0) is 0 Å². The number of aliphatic hydroxyl groups excluding tert-OH is 2.